The minimum absolute atomic E-state index is 0.0437. The van der Waals surface area contributed by atoms with E-state index in [1.165, 1.54) is 12.1 Å². The van der Waals surface area contributed by atoms with Crippen molar-refractivity contribution in [1.82, 2.24) is 19.0 Å². The minimum atomic E-state index is -4.65. The molecule has 0 fully saturated rings. The predicted molar refractivity (Wildman–Crippen MR) is 106 cm³/mol. The molecule has 0 bridgehead atoms. The fourth-order valence-corrected chi connectivity index (χ4v) is 3.03. The van der Waals surface area contributed by atoms with Gasteiger partial charge in [-0.3, -0.25) is 14.2 Å². The molecule has 3 rings (SSSR count). The smallest absolute Gasteiger partial charge is 0.408 e. The van der Waals surface area contributed by atoms with Crippen LogP contribution in [0.5, 0.6) is 11.5 Å². The molecule has 31 heavy (non-hydrogen) atoms. The number of hydrogen-bond acceptors (Lipinski definition) is 6. The van der Waals surface area contributed by atoms with Crippen molar-refractivity contribution in [3.8, 4) is 17.2 Å². The van der Waals surface area contributed by atoms with Crippen molar-refractivity contribution in [3.63, 3.8) is 0 Å². The van der Waals surface area contributed by atoms with E-state index in [-0.39, 0.29) is 27.2 Å². The topological polar surface area (TPSA) is 114 Å². The highest BCUT2D eigenvalue weighted by Crippen LogP contribution is 2.38. The quantitative estimate of drug-likeness (QED) is 0.577. The molecule has 0 spiro atoms. The zero-order valence-electron chi connectivity index (χ0n) is 15.4. The maximum Gasteiger partial charge on any atom is 0.408 e. The maximum atomic E-state index is 13.0. The van der Waals surface area contributed by atoms with Crippen LogP contribution in [0.3, 0.4) is 0 Å². The van der Waals surface area contributed by atoms with Crippen LogP contribution in [0.1, 0.15) is 13.0 Å². The number of aromatic nitrogens is 4. The van der Waals surface area contributed by atoms with Crippen molar-refractivity contribution in [2.45, 2.75) is 19.1 Å². The van der Waals surface area contributed by atoms with Gasteiger partial charge in [0.15, 0.2) is 5.75 Å². The predicted octanol–water partition coefficient (Wildman–Crippen LogP) is 2.49. The average molecular weight is 478 g/mol. The van der Waals surface area contributed by atoms with Gasteiger partial charge in [-0.25, -0.2) is 4.79 Å². The fourth-order valence-electron chi connectivity index (χ4n) is 2.48. The molecule has 1 aromatic carbocycles. The monoisotopic (exact) mass is 477 g/mol. The third-order valence-corrected chi connectivity index (χ3v) is 4.72. The first kappa shape index (κ1) is 22.4. The van der Waals surface area contributed by atoms with Crippen molar-refractivity contribution >= 4 is 23.2 Å². The summed E-state index contributed by atoms with van der Waals surface area (Å²) in [7, 11) is 0. The SMILES string of the molecule is CC(n1cc(Oc2c(Cl)cc(-n3ncc(=O)n(N)c3=O)cc2Cl)ccc1=O)C(F)(F)F. The molecule has 1 atom stereocenters. The van der Waals surface area contributed by atoms with Gasteiger partial charge in [-0.2, -0.15) is 27.6 Å². The molecule has 0 saturated heterocycles. The number of halogens is 5. The molecule has 0 aliphatic heterocycles. The number of rotatable bonds is 4. The van der Waals surface area contributed by atoms with E-state index in [1.807, 2.05) is 0 Å². The van der Waals surface area contributed by atoms with Crippen LogP contribution < -0.4 is 27.4 Å². The van der Waals surface area contributed by atoms with Gasteiger partial charge in [0.05, 0.1) is 21.9 Å². The van der Waals surface area contributed by atoms with Crippen molar-refractivity contribution < 1.29 is 17.9 Å². The molecule has 0 aliphatic carbocycles. The Morgan fingerprint density at radius 1 is 1.10 bits per heavy atom. The third kappa shape index (κ3) is 4.44. The molecule has 0 aliphatic rings. The van der Waals surface area contributed by atoms with Crippen molar-refractivity contribution in [2.24, 2.45) is 0 Å². The lowest BCUT2D eigenvalue weighted by atomic mass is 10.3. The molecule has 0 amide bonds. The zero-order chi connectivity index (χ0) is 23.1. The minimum Gasteiger partial charge on any atom is -0.453 e. The van der Waals surface area contributed by atoms with Crippen LogP contribution in [0.4, 0.5) is 13.2 Å². The molecule has 0 saturated carbocycles. The Labute approximate surface area is 180 Å². The lowest BCUT2D eigenvalue weighted by molar-refractivity contribution is -0.163. The summed E-state index contributed by atoms with van der Waals surface area (Å²) >= 11 is 12.3. The Morgan fingerprint density at radius 3 is 2.29 bits per heavy atom. The number of hydrogen-bond donors (Lipinski definition) is 1. The van der Waals surface area contributed by atoms with Crippen LogP contribution in [0.2, 0.25) is 10.0 Å². The van der Waals surface area contributed by atoms with Gasteiger partial charge in [-0.05, 0) is 25.1 Å². The molecule has 14 heteroatoms. The molecule has 0 radical (unpaired) electrons. The van der Waals surface area contributed by atoms with E-state index >= 15 is 0 Å². The summed E-state index contributed by atoms with van der Waals surface area (Å²) in [5.41, 5.74) is -2.64. The highest BCUT2D eigenvalue weighted by atomic mass is 35.5. The molecule has 2 aromatic heterocycles. The summed E-state index contributed by atoms with van der Waals surface area (Å²) in [4.78, 5) is 35.3. The first-order valence-electron chi connectivity index (χ1n) is 8.33. The highest BCUT2D eigenvalue weighted by Gasteiger charge is 2.37. The molecule has 9 nitrogen and oxygen atoms in total. The Hall–Kier alpha value is -3.25. The number of nitrogens with two attached hydrogens (primary N) is 1. The zero-order valence-corrected chi connectivity index (χ0v) is 16.9. The summed E-state index contributed by atoms with van der Waals surface area (Å²) < 4.78 is 46.0. The number of benzene rings is 1. The number of nitrogen functional groups attached to an aromatic ring is 1. The summed E-state index contributed by atoms with van der Waals surface area (Å²) in [6.45, 7) is 0.821. The van der Waals surface area contributed by atoms with Gasteiger partial charge >= 0.3 is 11.9 Å². The normalized spacial score (nSPS) is 12.6. The second kappa shape index (κ2) is 8.12. The van der Waals surface area contributed by atoms with Gasteiger partial charge in [-0.1, -0.05) is 23.2 Å². The van der Waals surface area contributed by atoms with Gasteiger partial charge in [0.2, 0.25) is 0 Å². The van der Waals surface area contributed by atoms with E-state index in [4.69, 9.17) is 33.8 Å². The Morgan fingerprint density at radius 2 is 1.71 bits per heavy atom. The molecular weight excluding hydrogens is 466 g/mol. The fraction of sp³-hybridized carbons (Fsp3) is 0.176. The third-order valence-electron chi connectivity index (χ3n) is 4.16. The second-order valence-corrected chi connectivity index (χ2v) is 7.03. The van der Waals surface area contributed by atoms with E-state index in [0.29, 0.717) is 9.24 Å². The van der Waals surface area contributed by atoms with Crippen molar-refractivity contribution in [2.75, 3.05) is 5.84 Å². The first-order valence-corrected chi connectivity index (χ1v) is 9.08. The van der Waals surface area contributed by atoms with Crippen LogP contribution >= 0.6 is 23.2 Å². The summed E-state index contributed by atoms with van der Waals surface area (Å²) in [6, 6.07) is 2.40. The molecule has 2 heterocycles. The largest absolute Gasteiger partial charge is 0.453 e. The average Bonchev–Trinajstić information content (AvgIpc) is 2.69. The van der Waals surface area contributed by atoms with Gasteiger partial charge in [0.1, 0.15) is 18.0 Å². The van der Waals surface area contributed by atoms with Gasteiger partial charge < -0.3 is 10.6 Å². The lowest BCUT2D eigenvalue weighted by Gasteiger charge is -2.19. The van der Waals surface area contributed by atoms with E-state index in [9.17, 15) is 27.6 Å². The van der Waals surface area contributed by atoms with E-state index in [2.05, 4.69) is 5.10 Å². The number of pyridine rings is 1. The van der Waals surface area contributed by atoms with Crippen molar-refractivity contribution in [3.05, 3.63) is 77.9 Å². The lowest BCUT2D eigenvalue weighted by Crippen LogP contribution is -2.44. The maximum absolute atomic E-state index is 13.0. The summed E-state index contributed by atoms with van der Waals surface area (Å²) in [5.74, 6) is 5.05. The van der Waals surface area contributed by atoms with Crippen LogP contribution in [0.25, 0.3) is 5.69 Å². The Balaban J connectivity index is 2.01. The molecule has 1 unspecified atom stereocenters. The first-order chi connectivity index (χ1) is 14.4. The van der Waals surface area contributed by atoms with Crippen LogP contribution in [-0.2, 0) is 0 Å². The van der Waals surface area contributed by atoms with E-state index in [0.717, 1.165) is 36.1 Å². The molecule has 2 N–H and O–H groups in total. The van der Waals surface area contributed by atoms with Crippen LogP contribution in [-0.4, -0.2) is 25.2 Å². The number of ether oxygens (including phenoxy) is 1. The summed E-state index contributed by atoms with van der Waals surface area (Å²) in [6.07, 6.45) is -2.98. The van der Waals surface area contributed by atoms with E-state index < -0.39 is 29.0 Å². The summed E-state index contributed by atoms with van der Waals surface area (Å²) in [5, 5.41) is 3.39. The van der Waals surface area contributed by atoms with Gasteiger partial charge in [-0.15, -0.1) is 0 Å². The number of alkyl halides is 3. The molecular formula is C17H12Cl2F3N5O4. The van der Waals surface area contributed by atoms with E-state index in [1.54, 1.807) is 0 Å². The molecule has 164 valence electrons. The number of nitrogens with zero attached hydrogens (tertiary/aromatic N) is 4. The Kier molecular flexibility index (Phi) is 5.87. The van der Waals surface area contributed by atoms with Crippen LogP contribution in [0.15, 0.2) is 51.0 Å². The van der Waals surface area contributed by atoms with Gasteiger partial charge in [0.25, 0.3) is 11.1 Å². The molecule has 3 aromatic rings. The van der Waals surface area contributed by atoms with Crippen molar-refractivity contribution in [1.29, 1.82) is 0 Å². The van der Waals surface area contributed by atoms with Gasteiger partial charge in [0, 0.05) is 6.07 Å². The standard InChI is InChI=1S/C17H12Cl2F3N5O4/c1-8(17(20,21)22)25-7-10(2-3-13(25)28)31-15-11(18)4-9(5-12(15)19)27-16(30)26(23)14(29)6-24-27/h2-8H,23H2,1H3. The Bertz CT molecular complexity index is 1310. The highest BCUT2D eigenvalue weighted by molar-refractivity contribution is 6.37. The second-order valence-electron chi connectivity index (χ2n) is 6.22. The van der Waals surface area contributed by atoms with Crippen LogP contribution in [0, 0.1) is 0 Å².